The quantitative estimate of drug-likeness (QED) is 0.724. The van der Waals surface area contributed by atoms with E-state index in [0.717, 1.165) is 16.9 Å². The monoisotopic (exact) mass is 360 g/mol. The van der Waals surface area contributed by atoms with E-state index >= 15 is 0 Å². The van der Waals surface area contributed by atoms with Crippen molar-refractivity contribution in [2.75, 3.05) is 23.8 Å². The number of esters is 1. The van der Waals surface area contributed by atoms with Gasteiger partial charge >= 0.3 is 5.97 Å². The van der Waals surface area contributed by atoms with Crippen LogP contribution in [0.4, 0.5) is 11.4 Å². The lowest BCUT2D eigenvalue weighted by molar-refractivity contribution is -0.115. The molecule has 0 fully saturated rings. The third-order valence-electron chi connectivity index (χ3n) is 3.62. The number of carbonyl (C=O) groups excluding carboxylic acids is 2. The van der Waals surface area contributed by atoms with Crippen molar-refractivity contribution in [2.45, 2.75) is 20.3 Å². The maximum atomic E-state index is 12.0. The molecule has 2 N–H and O–H groups in total. The van der Waals surface area contributed by atoms with Crippen molar-refractivity contribution < 1.29 is 14.3 Å². The molecule has 0 aliphatic carbocycles. The standard InChI is InChI=1S/C19H21ClN2O3/c1-3-25-19(24)14-7-9-15(10-8-14)21-12-11-18(23)22-17-6-4-5-16(20)13(17)2/h4-10,21H,3,11-12H2,1-2H3,(H,22,23). The Bertz CT molecular complexity index is 745. The number of hydrogen-bond donors (Lipinski definition) is 2. The van der Waals surface area contributed by atoms with Gasteiger partial charge in [0.05, 0.1) is 12.2 Å². The van der Waals surface area contributed by atoms with Crippen LogP contribution < -0.4 is 10.6 Å². The van der Waals surface area contributed by atoms with Gasteiger partial charge in [0, 0.05) is 29.4 Å². The van der Waals surface area contributed by atoms with E-state index in [1.54, 1.807) is 43.3 Å². The van der Waals surface area contributed by atoms with E-state index in [9.17, 15) is 9.59 Å². The number of rotatable bonds is 7. The van der Waals surface area contributed by atoms with Crippen molar-refractivity contribution in [1.82, 2.24) is 0 Å². The Morgan fingerprint density at radius 2 is 1.84 bits per heavy atom. The van der Waals surface area contributed by atoms with Gasteiger partial charge in [0.1, 0.15) is 0 Å². The molecule has 0 atom stereocenters. The Labute approximate surface area is 152 Å². The summed E-state index contributed by atoms with van der Waals surface area (Å²) >= 11 is 6.04. The van der Waals surface area contributed by atoms with Gasteiger partial charge in [0.15, 0.2) is 0 Å². The van der Waals surface area contributed by atoms with Crippen LogP contribution in [0.1, 0.15) is 29.3 Å². The highest BCUT2D eigenvalue weighted by atomic mass is 35.5. The van der Waals surface area contributed by atoms with E-state index in [1.165, 1.54) is 0 Å². The van der Waals surface area contributed by atoms with Gasteiger partial charge in [-0.2, -0.15) is 0 Å². The van der Waals surface area contributed by atoms with Crippen molar-refractivity contribution in [1.29, 1.82) is 0 Å². The first-order chi connectivity index (χ1) is 12.0. The predicted octanol–water partition coefficient (Wildman–Crippen LogP) is 4.27. The van der Waals surface area contributed by atoms with Crippen molar-refractivity contribution >= 4 is 34.9 Å². The molecule has 1 amide bonds. The fraction of sp³-hybridized carbons (Fsp3) is 0.263. The molecule has 0 saturated heterocycles. The van der Waals surface area contributed by atoms with Gasteiger partial charge in [0.25, 0.3) is 0 Å². The molecule has 0 saturated carbocycles. The molecule has 2 aromatic rings. The van der Waals surface area contributed by atoms with Crippen LogP contribution in [0.2, 0.25) is 5.02 Å². The molecule has 0 aliphatic rings. The molecule has 6 heteroatoms. The molecular formula is C19H21ClN2O3. The molecule has 132 valence electrons. The number of ether oxygens (including phenoxy) is 1. The summed E-state index contributed by atoms with van der Waals surface area (Å²) in [5, 5.41) is 6.62. The number of carbonyl (C=O) groups is 2. The van der Waals surface area contributed by atoms with Crippen LogP contribution in [0.15, 0.2) is 42.5 Å². The largest absolute Gasteiger partial charge is 0.462 e. The third kappa shape index (κ3) is 5.50. The number of hydrogen-bond acceptors (Lipinski definition) is 4. The van der Waals surface area contributed by atoms with Crippen LogP contribution in [-0.2, 0) is 9.53 Å². The zero-order valence-electron chi connectivity index (χ0n) is 14.3. The Balaban J connectivity index is 1.81. The number of halogens is 1. The maximum Gasteiger partial charge on any atom is 0.338 e. The van der Waals surface area contributed by atoms with Gasteiger partial charge in [-0.05, 0) is 55.8 Å². The summed E-state index contributed by atoms with van der Waals surface area (Å²) in [7, 11) is 0. The molecule has 2 aromatic carbocycles. The molecule has 5 nitrogen and oxygen atoms in total. The first-order valence-corrected chi connectivity index (χ1v) is 8.45. The number of amides is 1. The van der Waals surface area contributed by atoms with Gasteiger partial charge < -0.3 is 15.4 Å². The SMILES string of the molecule is CCOC(=O)c1ccc(NCCC(=O)Nc2cccc(Cl)c2C)cc1. The molecule has 0 heterocycles. The van der Waals surface area contributed by atoms with Crippen molar-refractivity contribution in [3.05, 3.63) is 58.6 Å². The first-order valence-electron chi connectivity index (χ1n) is 8.07. The van der Waals surface area contributed by atoms with Crippen LogP contribution in [0.5, 0.6) is 0 Å². The Morgan fingerprint density at radius 3 is 2.52 bits per heavy atom. The molecule has 0 spiro atoms. The van der Waals surface area contributed by atoms with E-state index in [2.05, 4.69) is 10.6 Å². The number of benzene rings is 2. The van der Waals surface area contributed by atoms with E-state index in [1.807, 2.05) is 13.0 Å². The average molecular weight is 361 g/mol. The number of nitrogens with one attached hydrogen (secondary N) is 2. The zero-order chi connectivity index (χ0) is 18.2. The molecule has 25 heavy (non-hydrogen) atoms. The highest BCUT2D eigenvalue weighted by molar-refractivity contribution is 6.31. The molecule has 0 bridgehead atoms. The fourth-order valence-corrected chi connectivity index (χ4v) is 2.39. The Kier molecular flexibility index (Phi) is 6.83. The fourth-order valence-electron chi connectivity index (χ4n) is 2.21. The van der Waals surface area contributed by atoms with Crippen molar-refractivity contribution in [2.24, 2.45) is 0 Å². The average Bonchev–Trinajstić information content (AvgIpc) is 2.60. The van der Waals surface area contributed by atoms with Gasteiger partial charge in [-0.15, -0.1) is 0 Å². The summed E-state index contributed by atoms with van der Waals surface area (Å²) in [5.41, 5.74) is 2.90. The molecule has 0 radical (unpaired) electrons. The second-order valence-electron chi connectivity index (χ2n) is 5.44. The van der Waals surface area contributed by atoms with Gasteiger partial charge in [0.2, 0.25) is 5.91 Å². The lowest BCUT2D eigenvalue weighted by Gasteiger charge is -2.10. The van der Waals surface area contributed by atoms with Crippen LogP contribution in [0.25, 0.3) is 0 Å². The summed E-state index contributed by atoms with van der Waals surface area (Å²) in [6.45, 7) is 4.45. The van der Waals surface area contributed by atoms with Crippen LogP contribution in [0, 0.1) is 6.92 Å². The molecule has 0 aromatic heterocycles. The molecule has 2 rings (SSSR count). The minimum absolute atomic E-state index is 0.0963. The van der Waals surface area contributed by atoms with Crippen molar-refractivity contribution in [3.63, 3.8) is 0 Å². The van der Waals surface area contributed by atoms with Crippen LogP contribution in [-0.4, -0.2) is 25.0 Å². The van der Waals surface area contributed by atoms with E-state index < -0.39 is 0 Å². The number of anilines is 2. The van der Waals surface area contributed by atoms with Gasteiger partial charge in [-0.3, -0.25) is 4.79 Å². The normalized spacial score (nSPS) is 10.2. The van der Waals surface area contributed by atoms with Crippen molar-refractivity contribution in [3.8, 4) is 0 Å². The minimum Gasteiger partial charge on any atom is -0.462 e. The lowest BCUT2D eigenvalue weighted by Crippen LogP contribution is -2.17. The van der Waals surface area contributed by atoms with E-state index in [-0.39, 0.29) is 11.9 Å². The van der Waals surface area contributed by atoms with Gasteiger partial charge in [-0.1, -0.05) is 17.7 Å². The highest BCUT2D eigenvalue weighted by Crippen LogP contribution is 2.23. The Morgan fingerprint density at radius 1 is 1.12 bits per heavy atom. The summed E-state index contributed by atoms with van der Waals surface area (Å²) in [6, 6.07) is 12.4. The molecule has 0 aliphatic heterocycles. The van der Waals surface area contributed by atoms with Crippen LogP contribution >= 0.6 is 11.6 Å². The summed E-state index contributed by atoms with van der Waals surface area (Å²) < 4.78 is 4.93. The second-order valence-corrected chi connectivity index (χ2v) is 5.84. The van der Waals surface area contributed by atoms with E-state index in [0.29, 0.717) is 30.2 Å². The zero-order valence-corrected chi connectivity index (χ0v) is 15.0. The van der Waals surface area contributed by atoms with Gasteiger partial charge in [-0.25, -0.2) is 4.79 Å². The minimum atomic E-state index is -0.342. The Hall–Kier alpha value is -2.53. The topological polar surface area (TPSA) is 67.4 Å². The smallest absolute Gasteiger partial charge is 0.338 e. The second kappa shape index (κ2) is 9.08. The van der Waals surface area contributed by atoms with Crippen LogP contribution in [0.3, 0.4) is 0 Å². The third-order valence-corrected chi connectivity index (χ3v) is 4.03. The van der Waals surface area contributed by atoms with E-state index in [4.69, 9.17) is 16.3 Å². The highest BCUT2D eigenvalue weighted by Gasteiger charge is 2.08. The maximum absolute atomic E-state index is 12.0. The summed E-state index contributed by atoms with van der Waals surface area (Å²) in [4.78, 5) is 23.6. The predicted molar refractivity (Wildman–Crippen MR) is 100 cm³/mol. The lowest BCUT2D eigenvalue weighted by atomic mass is 10.2. The molecule has 0 unspecified atom stereocenters. The summed E-state index contributed by atoms with van der Waals surface area (Å²) in [5.74, 6) is -0.439. The first kappa shape index (κ1) is 18.8. The summed E-state index contributed by atoms with van der Waals surface area (Å²) in [6.07, 6.45) is 0.311. The molecular weight excluding hydrogens is 340 g/mol.